The van der Waals surface area contributed by atoms with Gasteiger partial charge in [0.05, 0.1) is 6.54 Å². The maximum Gasteiger partial charge on any atom is 0.420 e. The zero-order valence-corrected chi connectivity index (χ0v) is 20.7. The topological polar surface area (TPSA) is 104 Å². The van der Waals surface area contributed by atoms with Gasteiger partial charge < -0.3 is 5.11 Å². The summed E-state index contributed by atoms with van der Waals surface area (Å²) in [6, 6.07) is 6.90. The van der Waals surface area contributed by atoms with Crippen molar-refractivity contribution in [1.82, 2.24) is 34.1 Å². The molecule has 0 fully saturated rings. The van der Waals surface area contributed by atoms with Crippen molar-refractivity contribution in [1.29, 1.82) is 0 Å². The van der Waals surface area contributed by atoms with E-state index in [-0.39, 0.29) is 21.1 Å². The number of pyridine rings is 1. The summed E-state index contributed by atoms with van der Waals surface area (Å²) in [6.07, 6.45) is -12.2. The number of hydrogen-bond acceptors (Lipinski definition) is 6. The Hall–Kier alpha value is -3.86. The summed E-state index contributed by atoms with van der Waals surface area (Å²) >= 11 is 5.83. The lowest BCUT2D eigenvalue weighted by Gasteiger charge is -2.15. The van der Waals surface area contributed by atoms with Gasteiger partial charge in [0.25, 0.3) is 0 Å². The molecule has 40 heavy (non-hydrogen) atoms. The van der Waals surface area contributed by atoms with E-state index < -0.39 is 66.2 Å². The summed E-state index contributed by atoms with van der Waals surface area (Å²) in [7, 11) is 0. The number of aromatic nitrogens is 7. The summed E-state index contributed by atoms with van der Waals surface area (Å²) in [5, 5.41) is 17.5. The van der Waals surface area contributed by atoms with Crippen molar-refractivity contribution < 1.29 is 40.2 Å². The molecule has 0 spiro atoms. The van der Waals surface area contributed by atoms with E-state index >= 15 is 0 Å². The molecule has 0 saturated heterocycles. The number of nitrogens with zero attached hydrogens (tertiary/aromatic N) is 7. The first-order valence-corrected chi connectivity index (χ1v) is 11.4. The van der Waals surface area contributed by atoms with Gasteiger partial charge in [-0.3, -0.25) is 4.57 Å². The predicted molar refractivity (Wildman–Crippen MR) is 122 cm³/mol. The van der Waals surface area contributed by atoms with Gasteiger partial charge in [-0.1, -0.05) is 11.6 Å². The summed E-state index contributed by atoms with van der Waals surface area (Å²) in [5.74, 6) is -7.07. The van der Waals surface area contributed by atoms with Crippen LogP contribution >= 0.6 is 11.6 Å². The maximum atomic E-state index is 14.4. The van der Waals surface area contributed by atoms with Crippen LogP contribution in [-0.4, -0.2) is 51.5 Å². The Kier molecular flexibility index (Phi) is 7.48. The molecule has 0 aliphatic heterocycles. The number of alkyl halides is 8. The Morgan fingerprint density at radius 2 is 1.65 bits per heavy atom. The number of benzene rings is 1. The first kappa shape index (κ1) is 29.1. The van der Waals surface area contributed by atoms with Crippen molar-refractivity contribution in [3.05, 3.63) is 75.3 Å². The Morgan fingerprint density at radius 1 is 1.00 bits per heavy atom. The predicted octanol–water partition coefficient (Wildman–Crippen LogP) is 4.44. The van der Waals surface area contributed by atoms with E-state index in [9.17, 15) is 45.0 Å². The molecule has 1 aromatic carbocycles. The number of aliphatic hydroxyl groups excluding tert-OH is 1. The van der Waals surface area contributed by atoms with Gasteiger partial charge >= 0.3 is 24.0 Å². The summed E-state index contributed by atoms with van der Waals surface area (Å²) in [5.41, 5.74) is -2.51. The summed E-state index contributed by atoms with van der Waals surface area (Å²) < 4.78 is 110. The van der Waals surface area contributed by atoms with Crippen LogP contribution in [0.15, 0.2) is 47.4 Å². The van der Waals surface area contributed by atoms with E-state index in [1.54, 1.807) is 0 Å². The largest absolute Gasteiger partial charge is 0.420 e. The highest BCUT2D eigenvalue weighted by Gasteiger charge is 2.41. The average molecular weight is 598 g/mol. The number of hydrogen-bond donors (Lipinski definition) is 1. The van der Waals surface area contributed by atoms with E-state index in [2.05, 4.69) is 20.2 Å². The molecule has 0 aliphatic rings. The summed E-state index contributed by atoms with van der Waals surface area (Å²) in [6.45, 7) is -1.76. The molecule has 214 valence electrons. The molecule has 4 aromatic rings. The first-order valence-electron chi connectivity index (χ1n) is 11.0. The van der Waals surface area contributed by atoms with E-state index in [0.717, 1.165) is 12.3 Å². The zero-order valence-electron chi connectivity index (χ0n) is 19.9. The van der Waals surface area contributed by atoms with Crippen LogP contribution in [0.25, 0.3) is 17.2 Å². The van der Waals surface area contributed by atoms with Gasteiger partial charge in [-0.15, -0.1) is 10.2 Å². The van der Waals surface area contributed by atoms with Crippen molar-refractivity contribution in [2.75, 3.05) is 0 Å². The highest BCUT2D eigenvalue weighted by molar-refractivity contribution is 6.30. The Morgan fingerprint density at radius 3 is 2.23 bits per heavy atom. The SMILES string of the molecule is CC(F)(F)c1nc(Cn2nc(-c3ccc(Cl)cc3)n(C[C@H](O)C(F)(F)F)c2=O)nn1-c1ncccc1C(F)(F)F. The Labute approximate surface area is 223 Å². The summed E-state index contributed by atoms with van der Waals surface area (Å²) in [4.78, 5) is 20.1. The molecule has 3 aromatic heterocycles. The quantitative estimate of drug-likeness (QED) is 0.316. The lowest BCUT2D eigenvalue weighted by Crippen LogP contribution is -2.37. The van der Waals surface area contributed by atoms with Crippen LogP contribution in [0.4, 0.5) is 35.1 Å². The number of rotatable bonds is 7. The van der Waals surface area contributed by atoms with Crippen LogP contribution in [0, 0.1) is 0 Å². The Balaban J connectivity index is 1.83. The standard InChI is InChI=1S/C22H16ClF8N7O2/c1-20(24,25)18-33-15(34-38(18)17-13(21(26,27)28)3-2-8-32-17)10-37-19(40)36(9-14(39)22(29,30)31)16(35-37)11-4-6-12(23)7-5-11/h2-8,14,39H,9-10H2,1H3/t14-/m0/s1. The third-order valence-electron chi connectivity index (χ3n) is 5.39. The second kappa shape index (κ2) is 10.3. The van der Waals surface area contributed by atoms with Crippen molar-refractivity contribution in [2.24, 2.45) is 0 Å². The minimum absolute atomic E-state index is 0.109. The smallest absolute Gasteiger partial charge is 0.382 e. The lowest BCUT2D eigenvalue weighted by molar-refractivity contribution is -0.207. The van der Waals surface area contributed by atoms with Crippen LogP contribution in [0.2, 0.25) is 5.02 Å². The first-order chi connectivity index (χ1) is 18.5. The minimum atomic E-state index is -5.10. The molecule has 0 unspecified atom stereocenters. The molecule has 0 aliphatic carbocycles. The van der Waals surface area contributed by atoms with Crippen LogP contribution in [0.3, 0.4) is 0 Å². The molecular weight excluding hydrogens is 582 g/mol. The lowest BCUT2D eigenvalue weighted by atomic mass is 10.2. The molecule has 4 rings (SSSR count). The van der Waals surface area contributed by atoms with Gasteiger partial charge in [0.1, 0.15) is 12.1 Å². The van der Waals surface area contributed by atoms with Crippen molar-refractivity contribution in [3.8, 4) is 17.2 Å². The second-order valence-corrected chi connectivity index (χ2v) is 8.90. The zero-order chi connectivity index (χ0) is 29.6. The number of halogens is 9. The molecule has 9 nitrogen and oxygen atoms in total. The van der Waals surface area contributed by atoms with Crippen molar-refractivity contribution >= 4 is 11.6 Å². The molecule has 0 radical (unpaired) electrons. The second-order valence-electron chi connectivity index (χ2n) is 8.46. The van der Waals surface area contributed by atoms with Crippen LogP contribution < -0.4 is 5.69 Å². The maximum absolute atomic E-state index is 14.4. The van der Waals surface area contributed by atoms with Crippen molar-refractivity contribution in [3.63, 3.8) is 0 Å². The molecule has 0 amide bonds. The monoisotopic (exact) mass is 597 g/mol. The van der Waals surface area contributed by atoms with Gasteiger partial charge in [0, 0.05) is 23.7 Å². The average Bonchev–Trinajstić information content (AvgIpc) is 3.41. The van der Waals surface area contributed by atoms with Gasteiger partial charge in [0.2, 0.25) is 5.82 Å². The van der Waals surface area contributed by atoms with Crippen molar-refractivity contribution in [2.45, 2.75) is 44.4 Å². The Bertz CT molecular complexity index is 1570. The van der Waals surface area contributed by atoms with Gasteiger partial charge in [-0.2, -0.15) is 39.8 Å². The third kappa shape index (κ3) is 5.99. The molecule has 18 heteroatoms. The molecule has 0 saturated carbocycles. The third-order valence-corrected chi connectivity index (χ3v) is 5.64. The van der Waals surface area contributed by atoms with E-state index in [4.69, 9.17) is 11.6 Å². The van der Waals surface area contributed by atoms with Gasteiger partial charge in [-0.25, -0.2) is 19.4 Å². The van der Waals surface area contributed by atoms with Crippen LogP contribution in [0.5, 0.6) is 0 Å². The fourth-order valence-corrected chi connectivity index (χ4v) is 3.70. The fraction of sp³-hybridized carbons (Fsp3) is 0.318. The molecular formula is C22H16ClF8N7O2. The molecule has 3 heterocycles. The molecule has 1 atom stereocenters. The molecule has 1 N–H and O–H groups in total. The van der Waals surface area contributed by atoms with E-state index in [0.29, 0.717) is 22.2 Å². The normalized spacial score (nSPS) is 13.6. The fourth-order valence-electron chi connectivity index (χ4n) is 3.57. The molecule has 0 bridgehead atoms. The van der Waals surface area contributed by atoms with E-state index in [1.165, 1.54) is 24.3 Å². The van der Waals surface area contributed by atoms with Crippen LogP contribution in [0.1, 0.15) is 24.1 Å². The van der Waals surface area contributed by atoms with E-state index in [1.807, 2.05) is 0 Å². The number of aliphatic hydroxyl groups is 1. The van der Waals surface area contributed by atoms with Gasteiger partial charge in [0.15, 0.2) is 23.6 Å². The van der Waals surface area contributed by atoms with Gasteiger partial charge in [-0.05, 0) is 36.4 Å². The minimum Gasteiger partial charge on any atom is -0.382 e. The highest BCUT2D eigenvalue weighted by atomic mass is 35.5. The highest BCUT2D eigenvalue weighted by Crippen LogP contribution is 2.35. The van der Waals surface area contributed by atoms with Crippen LogP contribution in [-0.2, 0) is 25.2 Å².